The second kappa shape index (κ2) is 8.90. The van der Waals surface area contributed by atoms with Gasteiger partial charge in [0.25, 0.3) is 5.91 Å². The maximum atomic E-state index is 12.7. The standard InChI is InChI=1S/C22H21Cl2N3O3/c1-13-18(11-21(28)29)14(2)27(25-13)12-15-4-7-17(8-5-15)26(3)22(30)16-6-9-19(23)20(24)10-16/h4-10H,11-12H2,1-3H3,(H,28,29). The minimum absolute atomic E-state index is 0.0434. The molecule has 3 rings (SSSR count). The molecule has 0 fully saturated rings. The zero-order chi connectivity index (χ0) is 22.0. The first-order chi connectivity index (χ1) is 14.2. The van der Waals surface area contributed by atoms with Crippen molar-refractivity contribution in [3.8, 4) is 0 Å². The van der Waals surface area contributed by atoms with Gasteiger partial charge in [0, 0.05) is 29.6 Å². The molecule has 0 unspecified atom stereocenters. The highest BCUT2D eigenvalue weighted by Gasteiger charge is 2.16. The molecule has 0 saturated carbocycles. The highest BCUT2D eigenvalue weighted by Crippen LogP contribution is 2.25. The number of aryl methyl sites for hydroxylation is 1. The van der Waals surface area contributed by atoms with Crippen molar-refractivity contribution in [2.24, 2.45) is 0 Å². The number of amides is 1. The first kappa shape index (κ1) is 21.9. The van der Waals surface area contributed by atoms with Gasteiger partial charge in [-0.05, 0) is 49.7 Å². The fourth-order valence-electron chi connectivity index (χ4n) is 3.23. The number of aliphatic carboxylic acids is 1. The van der Waals surface area contributed by atoms with E-state index in [2.05, 4.69) is 5.10 Å². The van der Waals surface area contributed by atoms with Crippen LogP contribution in [0.25, 0.3) is 0 Å². The molecule has 1 aromatic heterocycles. The molecule has 3 aromatic rings. The summed E-state index contributed by atoms with van der Waals surface area (Å²) >= 11 is 11.9. The summed E-state index contributed by atoms with van der Waals surface area (Å²) in [6.45, 7) is 4.20. The number of rotatable bonds is 6. The van der Waals surface area contributed by atoms with Gasteiger partial charge in [-0.25, -0.2) is 0 Å². The largest absolute Gasteiger partial charge is 0.481 e. The van der Waals surface area contributed by atoms with Crippen LogP contribution >= 0.6 is 23.2 Å². The van der Waals surface area contributed by atoms with Crippen molar-refractivity contribution in [2.75, 3.05) is 11.9 Å². The van der Waals surface area contributed by atoms with E-state index in [4.69, 9.17) is 28.3 Å². The number of carboxylic acid groups (broad SMARTS) is 1. The smallest absolute Gasteiger partial charge is 0.307 e. The van der Waals surface area contributed by atoms with Gasteiger partial charge in [0.1, 0.15) is 0 Å². The maximum absolute atomic E-state index is 12.7. The first-order valence-electron chi connectivity index (χ1n) is 9.24. The fraction of sp³-hybridized carbons (Fsp3) is 0.227. The predicted molar refractivity (Wildman–Crippen MR) is 118 cm³/mol. The number of hydrogen-bond donors (Lipinski definition) is 1. The summed E-state index contributed by atoms with van der Waals surface area (Å²) < 4.78 is 1.80. The predicted octanol–water partition coefficient (Wildman–Crippen LogP) is 4.76. The lowest BCUT2D eigenvalue weighted by Gasteiger charge is -2.18. The molecule has 1 amide bonds. The summed E-state index contributed by atoms with van der Waals surface area (Å²) in [6.07, 6.45) is -0.0434. The van der Waals surface area contributed by atoms with E-state index in [1.54, 1.807) is 29.9 Å². The minimum Gasteiger partial charge on any atom is -0.481 e. The topological polar surface area (TPSA) is 75.4 Å². The molecule has 0 aliphatic heterocycles. The Morgan fingerprint density at radius 3 is 2.33 bits per heavy atom. The van der Waals surface area contributed by atoms with Gasteiger partial charge in [0.15, 0.2) is 0 Å². The normalized spacial score (nSPS) is 10.8. The van der Waals surface area contributed by atoms with Crippen LogP contribution in [0.15, 0.2) is 42.5 Å². The molecule has 0 atom stereocenters. The van der Waals surface area contributed by atoms with Gasteiger partial charge in [-0.2, -0.15) is 5.10 Å². The van der Waals surface area contributed by atoms with Crippen LogP contribution in [0, 0.1) is 13.8 Å². The summed E-state index contributed by atoms with van der Waals surface area (Å²) in [7, 11) is 1.69. The summed E-state index contributed by atoms with van der Waals surface area (Å²) in [5, 5.41) is 14.3. The van der Waals surface area contributed by atoms with Crippen molar-refractivity contribution in [2.45, 2.75) is 26.8 Å². The Hall–Kier alpha value is -2.83. The Morgan fingerprint density at radius 1 is 1.07 bits per heavy atom. The van der Waals surface area contributed by atoms with E-state index in [1.807, 2.05) is 38.1 Å². The van der Waals surface area contributed by atoms with Crippen molar-refractivity contribution < 1.29 is 14.7 Å². The molecule has 6 nitrogen and oxygen atoms in total. The van der Waals surface area contributed by atoms with Crippen LogP contribution < -0.4 is 4.90 Å². The second-order valence-corrected chi connectivity index (χ2v) is 7.85. The molecule has 1 N–H and O–H groups in total. The number of hydrogen-bond acceptors (Lipinski definition) is 3. The van der Waals surface area contributed by atoms with Crippen molar-refractivity contribution in [1.82, 2.24) is 9.78 Å². The van der Waals surface area contributed by atoms with Crippen LogP contribution in [0.4, 0.5) is 5.69 Å². The SMILES string of the molecule is Cc1nn(Cc2ccc(N(C)C(=O)c3ccc(Cl)c(Cl)c3)cc2)c(C)c1CC(=O)O. The van der Waals surface area contributed by atoms with E-state index < -0.39 is 5.97 Å². The average Bonchev–Trinajstić information content (AvgIpc) is 2.96. The van der Waals surface area contributed by atoms with Crippen molar-refractivity contribution in [1.29, 1.82) is 0 Å². The lowest BCUT2D eigenvalue weighted by molar-refractivity contribution is -0.136. The Morgan fingerprint density at radius 2 is 1.73 bits per heavy atom. The average molecular weight is 446 g/mol. The fourth-order valence-corrected chi connectivity index (χ4v) is 3.53. The van der Waals surface area contributed by atoms with Crippen molar-refractivity contribution in [3.63, 3.8) is 0 Å². The number of carboxylic acids is 1. The molecule has 8 heteroatoms. The van der Waals surface area contributed by atoms with Gasteiger partial charge < -0.3 is 10.0 Å². The Bertz CT molecular complexity index is 1110. The van der Waals surface area contributed by atoms with E-state index in [0.717, 1.165) is 28.2 Å². The molecule has 0 aliphatic rings. The molecule has 0 aliphatic carbocycles. The minimum atomic E-state index is -0.875. The van der Waals surface area contributed by atoms with Gasteiger partial charge >= 0.3 is 5.97 Å². The number of halogens is 2. The highest BCUT2D eigenvalue weighted by atomic mass is 35.5. The molecule has 0 saturated heterocycles. The summed E-state index contributed by atoms with van der Waals surface area (Å²) in [5.41, 5.74) is 4.47. The van der Waals surface area contributed by atoms with Crippen molar-refractivity contribution >= 4 is 40.8 Å². The summed E-state index contributed by atoms with van der Waals surface area (Å²) in [6, 6.07) is 12.3. The molecule has 0 spiro atoms. The lowest BCUT2D eigenvalue weighted by atomic mass is 10.1. The molecule has 0 bridgehead atoms. The quantitative estimate of drug-likeness (QED) is 0.593. The van der Waals surface area contributed by atoms with E-state index in [1.165, 1.54) is 4.90 Å². The first-order valence-corrected chi connectivity index (χ1v) is 9.99. The Kier molecular flexibility index (Phi) is 6.48. The summed E-state index contributed by atoms with van der Waals surface area (Å²) in [5.74, 6) is -1.07. The third-order valence-electron chi connectivity index (χ3n) is 4.99. The molecule has 1 heterocycles. The van der Waals surface area contributed by atoms with Crippen LogP contribution in [-0.2, 0) is 17.8 Å². The van der Waals surface area contributed by atoms with Gasteiger partial charge in [-0.1, -0.05) is 35.3 Å². The molecule has 0 radical (unpaired) electrons. The van der Waals surface area contributed by atoms with Gasteiger partial charge in [-0.15, -0.1) is 0 Å². The number of nitrogens with zero attached hydrogens (tertiary/aromatic N) is 3. The number of aromatic nitrogens is 2. The Balaban J connectivity index is 1.75. The molecule has 30 heavy (non-hydrogen) atoms. The Labute approximate surface area is 184 Å². The molecular weight excluding hydrogens is 425 g/mol. The van der Waals surface area contributed by atoms with Gasteiger partial charge in [0.2, 0.25) is 0 Å². The number of benzene rings is 2. The number of carbonyl (C=O) groups is 2. The number of anilines is 1. The van der Waals surface area contributed by atoms with Crippen LogP contribution in [0.5, 0.6) is 0 Å². The monoisotopic (exact) mass is 445 g/mol. The molecule has 2 aromatic carbocycles. The zero-order valence-corrected chi connectivity index (χ0v) is 18.3. The number of carbonyl (C=O) groups excluding carboxylic acids is 1. The van der Waals surface area contributed by atoms with E-state index in [0.29, 0.717) is 22.2 Å². The third-order valence-corrected chi connectivity index (χ3v) is 5.73. The van der Waals surface area contributed by atoms with Gasteiger partial charge in [0.05, 0.1) is 28.7 Å². The molecule has 156 valence electrons. The van der Waals surface area contributed by atoms with Crippen molar-refractivity contribution in [3.05, 3.63) is 80.6 Å². The van der Waals surface area contributed by atoms with Crippen LogP contribution in [-0.4, -0.2) is 33.8 Å². The second-order valence-electron chi connectivity index (χ2n) is 7.04. The van der Waals surface area contributed by atoms with Crippen LogP contribution in [0.3, 0.4) is 0 Å². The van der Waals surface area contributed by atoms with E-state index in [-0.39, 0.29) is 12.3 Å². The van der Waals surface area contributed by atoms with E-state index >= 15 is 0 Å². The van der Waals surface area contributed by atoms with E-state index in [9.17, 15) is 9.59 Å². The van der Waals surface area contributed by atoms with Crippen LogP contribution in [0.1, 0.15) is 32.9 Å². The van der Waals surface area contributed by atoms with Gasteiger partial charge in [-0.3, -0.25) is 14.3 Å². The maximum Gasteiger partial charge on any atom is 0.307 e. The lowest BCUT2D eigenvalue weighted by Crippen LogP contribution is -2.26. The zero-order valence-electron chi connectivity index (χ0n) is 16.8. The third kappa shape index (κ3) is 4.66. The summed E-state index contributed by atoms with van der Waals surface area (Å²) in [4.78, 5) is 25.3. The highest BCUT2D eigenvalue weighted by molar-refractivity contribution is 6.42. The molecular formula is C22H21Cl2N3O3. The van der Waals surface area contributed by atoms with Crippen LogP contribution in [0.2, 0.25) is 10.0 Å².